The molecular weight excluding hydrogens is 677 g/mol. The lowest BCUT2D eigenvalue weighted by Gasteiger charge is -2.12. The van der Waals surface area contributed by atoms with Crippen molar-refractivity contribution in [2.75, 3.05) is 0 Å². The van der Waals surface area contributed by atoms with E-state index in [-0.39, 0.29) is 0 Å². The van der Waals surface area contributed by atoms with E-state index in [0.29, 0.717) is 0 Å². The Morgan fingerprint density at radius 2 is 0.464 bits per heavy atom. The molecule has 10 rings (SSSR count). The molecular formula is C54H36N2. The minimum absolute atomic E-state index is 0.953. The topological polar surface area (TPSA) is 25.8 Å². The summed E-state index contributed by atoms with van der Waals surface area (Å²) in [7, 11) is 0. The molecule has 0 aliphatic rings. The number of aromatic nitrogens is 2. The molecule has 0 amide bonds. The fourth-order valence-electron chi connectivity index (χ4n) is 7.61. The summed E-state index contributed by atoms with van der Waals surface area (Å²) in [5.41, 5.74) is 15.1. The van der Waals surface area contributed by atoms with E-state index in [4.69, 9.17) is 9.97 Å². The van der Waals surface area contributed by atoms with Crippen molar-refractivity contribution in [3.63, 3.8) is 0 Å². The Morgan fingerprint density at radius 1 is 0.179 bits per heavy atom. The first-order valence-electron chi connectivity index (χ1n) is 19.0. The van der Waals surface area contributed by atoms with Gasteiger partial charge in [0.15, 0.2) is 0 Å². The van der Waals surface area contributed by atoms with Gasteiger partial charge in [0, 0.05) is 22.3 Å². The fraction of sp³-hybridized carbons (Fsp3) is 0. The summed E-state index contributed by atoms with van der Waals surface area (Å²) in [4.78, 5) is 10.4. The molecule has 2 heterocycles. The van der Waals surface area contributed by atoms with Crippen LogP contribution in [0.15, 0.2) is 218 Å². The average Bonchev–Trinajstić information content (AvgIpc) is 3.29. The average molecular weight is 713 g/mol. The van der Waals surface area contributed by atoms with Gasteiger partial charge in [0.25, 0.3) is 0 Å². The smallest absolute Gasteiger partial charge is 0.0715 e. The van der Waals surface area contributed by atoms with Crippen LogP contribution in [0.2, 0.25) is 0 Å². The van der Waals surface area contributed by atoms with Crippen LogP contribution < -0.4 is 0 Å². The number of benzene rings is 8. The molecule has 8 aromatic carbocycles. The second-order valence-corrected chi connectivity index (χ2v) is 14.3. The first-order chi connectivity index (χ1) is 27.7. The predicted molar refractivity (Wildman–Crippen MR) is 235 cm³/mol. The molecule has 2 nitrogen and oxygen atoms in total. The highest BCUT2D eigenvalue weighted by Crippen LogP contribution is 2.35. The fourth-order valence-corrected chi connectivity index (χ4v) is 7.61. The molecule has 0 saturated carbocycles. The van der Waals surface area contributed by atoms with E-state index in [0.717, 1.165) is 72.8 Å². The van der Waals surface area contributed by atoms with Crippen molar-refractivity contribution in [3.05, 3.63) is 218 Å². The molecule has 0 saturated heterocycles. The highest BCUT2D eigenvalue weighted by atomic mass is 14.7. The Hall–Kier alpha value is -7.42. The minimum atomic E-state index is 0.953. The minimum Gasteiger partial charge on any atom is -0.248 e. The van der Waals surface area contributed by atoms with Crippen LogP contribution in [0.4, 0.5) is 0 Å². The molecule has 0 unspecified atom stereocenters. The normalized spacial score (nSPS) is 11.2. The maximum absolute atomic E-state index is 5.25. The van der Waals surface area contributed by atoms with Crippen molar-refractivity contribution in [1.82, 2.24) is 9.97 Å². The van der Waals surface area contributed by atoms with Crippen LogP contribution >= 0.6 is 0 Å². The van der Waals surface area contributed by atoms with Gasteiger partial charge in [0.1, 0.15) is 0 Å². The third kappa shape index (κ3) is 6.66. The van der Waals surface area contributed by atoms with Crippen LogP contribution in [0.5, 0.6) is 0 Å². The summed E-state index contributed by atoms with van der Waals surface area (Å²) < 4.78 is 0. The zero-order valence-electron chi connectivity index (χ0n) is 30.7. The van der Waals surface area contributed by atoms with Gasteiger partial charge in [-0.05, 0) is 91.3 Å². The van der Waals surface area contributed by atoms with E-state index in [2.05, 4.69) is 212 Å². The molecule has 56 heavy (non-hydrogen) atoms. The van der Waals surface area contributed by atoms with Crippen molar-refractivity contribution in [2.45, 2.75) is 0 Å². The summed E-state index contributed by atoms with van der Waals surface area (Å²) in [6.45, 7) is 0. The van der Waals surface area contributed by atoms with E-state index in [1.165, 1.54) is 27.1 Å². The van der Waals surface area contributed by atoms with Gasteiger partial charge >= 0.3 is 0 Å². The molecule has 0 spiro atoms. The summed E-state index contributed by atoms with van der Waals surface area (Å²) in [6, 6.07) is 77.6. The van der Waals surface area contributed by atoms with Crippen LogP contribution in [0.3, 0.4) is 0 Å². The Bertz CT molecular complexity index is 2830. The largest absolute Gasteiger partial charge is 0.248 e. The van der Waals surface area contributed by atoms with E-state index in [9.17, 15) is 0 Å². The van der Waals surface area contributed by atoms with Crippen LogP contribution in [0.25, 0.3) is 100.0 Å². The lowest BCUT2D eigenvalue weighted by Crippen LogP contribution is -1.92. The molecule has 0 aliphatic carbocycles. The number of fused-ring (bicyclic) bond motifs is 2. The zero-order chi connectivity index (χ0) is 37.3. The van der Waals surface area contributed by atoms with Crippen LogP contribution in [-0.2, 0) is 0 Å². The standard InChI is InChI=1S/C54H36N2/c1-3-11-37(12-4-1)49-33-51(43-15-5-2-6-16-43)55-52(34-49)44-27-23-41(24-28-44)40-19-21-42(22-20-40)50-35-53(47-29-25-38-13-7-9-17-45(38)31-47)56-54(36-50)48-30-26-39-14-8-10-18-46(39)32-48/h1-36H. The molecule has 2 heteroatoms. The first kappa shape index (κ1) is 33.2. The molecule has 2 aromatic heterocycles. The van der Waals surface area contributed by atoms with Crippen LogP contribution in [0, 0.1) is 0 Å². The third-order valence-electron chi connectivity index (χ3n) is 10.7. The molecule has 0 fully saturated rings. The Balaban J connectivity index is 0.994. The van der Waals surface area contributed by atoms with Crippen molar-refractivity contribution in [1.29, 1.82) is 0 Å². The summed E-state index contributed by atoms with van der Waals surface area (Å²) in [5, 5.41) is 4.85. The second kappa shape index (κ2) is 14.4. The van der Waals surface area contributed by atoms with Crippen molar-refractivity contribution in [2.24, 2.45) is 0 Å². The van der Waals surface area contributed by atoms with Gasteiger partial charge < -0.3 is 0 Å². The van der Waals surface area contributed by atoms with Crippen molar-refractivity contribution >= 4 is 21.5 Å². The van der Waals surface area contributed by atoms with Gasteiger partial charge in [0.2, 0.25) is 0 Å². The van der Waals surface area contributed by atoms with E-state index >= 15 is 0 Å². The number of hydrogen-bond donors (Lipinski definition) is 0. The van der Waals surface area contributed by atoms with Crippen LogP contribution in [-0.4, -0.2) is 9.97 Å². The van der Waals surface area contributed by atoms with E-state index < -0.39 is 0 Å². The zero-order valence-corrected chi connectivity index (χ0v) is 30.7. The summed E-state index contributed by atoms with van der Waals surface area (Å²) in [6.07, 6.45) is 0. The summed E-state index contributed by atoms with van der Waals surface area (Å²) in [5.74, 6) is 0. The number of hydrogen-bond acceptors (Lipinski definition) is 2. The van der Waals surface area contributed by atoms with E-state index in [1.54, 1.807) is 0 Å². The molecule has 0 radical (unpaired) electrons. The van der Waals surface area contributed by atoms with Gasteiger partial charge in [-0.2, -0.15) is 0 Å². The van der Waals surface area contributed by atoms with Crippen LogP contribution in [0.1, 0.15) is 0 Å². The quantitative estimate of drug-likeness (QED) is 0.164. The molecule has 0 bridgehead atoms. The monoisotopic (exact) mass is 712 g/mol. The van der Waals surface area contributed by atoms with Gasteiger partial charge in [-0.15, -0.1) is 0 Å². The maximum Gasteiger partial charge on any atom is 0.0715 e. The van der Waals surface area contributed by atoms with Gasteiger partial charge in [-0.1, -0.05) is 182 Å². The third-order valence-corrected chi connectivity index (χ3v) is 10.7. The maximum atomic E-state index is 5.25. The number of nitrogens with zero attached hydrogens (tertiary/aromatic N) is 2. The molecule has 0 atom stereocenters. The highest BCUT2D eigenvalue weighted by molar-refractivity contribution is 5.90. The Kier molecular flexibility index (Phi) is 8.55. The Labute approximate surface area is 327 Å². The SMILES string of the molecule is c1ccc(-c2cc(-c3ccccc3)nc(-c3ccc(-c4ccc(-c5cc(-c6ccc7ccccc7c6)nc(-c6ccc7ccccc7c6)c5)cc4)cc3)c2)cc1. The van der Waals surface area contributed by atoms with E-state index in [1.807, 2.05) is 6.07 Å². The molecule has 10 aromatic rings. The Morgan fingerprint density at radius 3 is 0.911 bits per heavy atom. The number of pyridine rings is 2. The summed E-state index contributed by atoms with van der Waals surface area (Å²) >= 11 is 0. The molecule has 0 aliphatic heterocycles. The van der Waals surface area contributed by atoms with Gasteiger partial charge in [-0.3, -0.25) is 0 Å². The predicted octanol–water partition coefficient (Wildman–Crippen LogP) is 14.5. The van der Waals surface area contributed by atoms with Gasteiger partial charge in [0.05, 0.1) is 22.8 Å². The molecule has 0 N–H and O–H groups in total. The lowest BCUT2D eigenvalue weighted by atomic mass is 9.96. The highest BCUT2D eigenvalue weighted by Gasteiger charge is 2.13. The molecule has 262 valence electrons. The second-order valence-electron chi connectivity index (χ2n) is 14.3. The number of rotatable bonds is 7. The van der Waals surface area contributed by atoms with Crippen molar-refractivity contribution in [3.8, 4) is 78.4 Å². The van der Waals surface area contributed by atoms with Gasteiger partial charge in [-0.25, -0.2) is 9.97 Å². The lowest BCUT2D eigenvalue weighted by molar-refractivity contribution is 1.32. The first-order valence-corrected chi connectivity index (χ1v) is 19.0. The van der Waals surface area contributed by atoms with Crippen molar-refractivity contribution < 1.29 is 0 Å².